The first kappa shape index (κ1) is 15.9. The zero-order chi connectivity index (χ0) is 18.4. The van der Waals surface area contributed by atoms with Crippen LogP contribution in [0, 0.1) is 0 Å². The van der Waals surface area contributed by atoms with Crippen LogP contribution in [0.1, 0.15) is 53.9 Å². The van der Waals surface area contributed by atoms with Gasteiger partial charge in [-0.2, -0.15) is 0 Å². The Hall–Kier alpha value is -3.61. The summed E-state index contributed by atoms with van der Waals surface area (Å²) >= 11 is 0. The lowest BCUT2D eigenvalue weighted by molar-refractivity contribution is 0.0425. The van der Waals surface area contributed by atoms with Gasteiger partial charge in [-0.15, -0.1) is 0 Å². The molecule has 0 fully saturated rings. The van der Waals surface area contributed by atoms with Gasteiger partial charge in [0, 0.05) is 12.1 Å². The molecule has 26 heavy (non-hydrogen) atoms. The molecule has 2 aromatic rings. The van der Waals surface area contributed by atoms with Crippen LogP contribution in [-0.4, -0.2) is 29.6 Å². The minimum atomic E-state index is -0.679. The molecule has 0 aromatic heterocycles. The number of hydrogen-bond donors (Lipinski definition) is 0. The first-order valence-corrected chi connectivity index (χ1v) is 7.76. The van der Waals surface area contributed by atoms with Crippen LogP contribution in [0.25, 0.3) is 0 Å². The second-order valence-corrected chi connectivity index (χ2v) is 5.99. The summed E-state index contributed by atoms with van der Waals surface area (Å²) in [7, 11) is 0. The number of carbonyl (C=O) groups excluding carboxylic acids is 4. The minimum absolute atomic E-state index is 0.197. The van der Waals surface area contributed by atoms with Gasteiger partial charge < -0.3 is 9.47 Å². The Kier molecular flexibility index (Phi) is 3.50. The third-order valence-corrected chi connectivity index (χ3v) is 4.12. The number of nitrogens with zero attached hydrogens (tertiary/aromatic N) is 1. The molecule has 2 aliphatic rings. The predicted octanol–water partition coefficient (Wildman–Crippen LogP) is 2.64. The van der Waals surface area contributed by atoms with E-state index in [1.807, 2.05) is 0 Å². The number of aliphatic imine (C=N–C) groups is 1. The van der Waals surface area contributed by atoms with Crippen molar-refractivity contribution in [3.63, 3.8) is 0 Å². The number of esters is 4. The van der Waals surface area contributed by atoms with E-state index in [1.54, 1.807) is 31.2 Å². The van der Waals surface area contributed by atoms with Crippen molar-refractivity contribution in [2.24, 2.45) is 4.99 Å². The van der Waals surface area contributed by atoms with Gasteiger partial charge in [0.1, 0.15) is 0 Å². The van der Waals surface area contributed by atoms with E-state index < -0.39 is 23.9 Å². The molecule has 0 bridgehead atoms. The predicted molar refractivity (Wildman–Crippen MR) is 88.8 cm³/mol. The molecule has 0 atom stereocenters. The Balaban J connectivity index is 1.59. The normalized spacial score (nSPS) is 15.7. The maximum absolute atomic E-state index is 11.6. The van der Waals surface area contributed by atoms with Gasteiger partial charge in [-0.25, -0.2) is 19.2 Å². The third-order valence-electron chi connectivity index (χ3n) is 4.12. The van der Waals surface area contributed by atoms with Crippen LogP contribution in [0.4, 0.5) is 5.69 Å². The Labute approximate surface area is 147 Å². The highest BCUT2D eigenvalue weighted by atomic mass is 16.6. The van der Waals surface area contributed by atoms with Crippen molar-refractivity contribution < 1.29 is 28.7 Å². The molecule has 0 aliphatic carbocycles. The van der Waals surface area contributed by atoms with Crippen molar-refractivity contribution in [3.8, 4) is 0 Å². The number of hydrogen-bond acceptors (Lipinski definition) is 7. The molecule has 128 valence electrons. The van der Waals surface area contributed by atoms with E-state index in [0.29, 0.717) is 12.1 Å². The number of benzene rings is 2. The quantitative estimate of drug-likeness (QED) is 0.480. The van der Waals surface area contributed by atoms with Crippen LogP contribution in [-0.2, 0) is 15.9 Å². The van der Waals surface area contributed by atoms with E-state index in [9.17, 15) is 19.2 Å². The Morgan fingerprint density at radius 3 is 1.96 bits per heavy atom. The summed E-state index contributed by atoms with van der Waals surface area (Å²) in [6.07, 6.45) is 0.440. The number of ether oxygens (including phenoxy) is 2. The number of rotatable bonds is 3. The first-order chi connectivity index (χ1) is 12.4. The van der Waals surface area contributed by atoms with Crippen molar-refractivity contribution in [1.82, 2.24) is 0 Å². The highest BCUT2D eigenvalue weighted by molar-refractivity contribution is 6.15. The van der Waals surface area contributed by atoms with Crippen LogP contribution in [0.3, 0.4) is 0 Å². The van der Waals surface area contributed by atoms with Crippen LogP contribution in [0.5, 0.6) is 0 Å². The molecule has 0 radical (unpaired) electrons. The highest BCUT2D eigenvalue weighted by Gasteiger charge is 2.30. The fraction of sp³-hybridized carbons (Fsp3) is 0.105. The maximum atomic E-state index is 11.6. The zero-order valence-electron chi connectivity index (χ0n) is 13.6. The molecule has 0 saturated heterocycles. The van der Waals surface area contributed by atoms with Crippen LogP contribution >= 0.6 is 0 Å². The zero-order valence-corrected chi connectivity index (χ0v) is 13.6. The Morgan fingerprint density at radius 2 is 1.31 bits per heavy atom. The second-order valence-electron chi connectivity index (χ2n) is 5.99. The molecule has 7 heteroatoms. The molecule has 2 aromatic carbocycles. The van der Waals surface area contributed by atoms with E-state index in [2.05, 4.69) is 14.5 Å². The van der Waals surface area contributed by atoms with Crippen LogP contribution in [0.2, 0.25) is 0 Å². The number of cyclic esters (lactones) is 4. The Bertz CT molecular complexity index is 1050. The average molecular weight is 349 g/mol. The average Bonchev–Trinajstić information content (AvgIpc) is 3.03. The summed E-state index contributed by atoms with van der Waals surface area (Å²) < 4.78 is 9.12. The summed E-state index contributed by atoms with van der Waals surface area (Å²) in [5.41, 5.74) is 2.97. The maximum Gasteiger partial charge on any atom is 0.346 e. The Morgan fingerprint density at radius 1 is 0.769 bits per heavy atom. The van der Waals surface area contributed by atoms with Gasteiger partial charge in [0.2, 0.25) is 0 Å². The summed E-state index contributed by atoms with van der Waals surface area (Å²) in [5, 5.41) is 0. The summed E-state index contributed by atoms with van der Waals surface area (Å²) in [6, 6.07) is 9.54. The molecule has 7 nitrogen and oxygen atoms in total. The van der Waals surface area contributed by atoms with Crippen molar-refractivity contribution >= 4 is 35.3 Å². The van der Waals surface area contributed by atoms with Gasteiger partial charge in [-0.1, -0.05) is 6.07 Å². The van der Waals surface area contributed by atoms with Gasteiger partial charge in [0.25, 0.3) is 0 Å². The smallest absolute Gasteiger partial charge is 0.346 e. The topological polar surface area (TPSA) is 99.1 Å². The second kappa shape index (κ2) is 5.73. The number of fused-ring (bicyclic) bond motifs is 2. The molecule has 2 aliphatic heterocycles. The van der Waals surface area contributed by atoms with E-state index in [-0.39, 0.29) is 22.3 Å². The van der Waals surface area contributed by atoms with E-state index in [4.69, 9.17) is 0 Å². The van der Waals surface area contributed by atoms with Gasteiger partial charge in [0.15, 0.2) is 0 Å². The highest BCUT2D eigenvalue weighted by Crippen LogP contribution is 2.26. The lowest BCUT2D eigenvalue weighted by Gasteiger charge is -2.04. The molecule has 0 N–H and O–H groups in total. The fourth-order valence-electron chi connectivity index (χ4n) is 2.94. The van der Waals surface area contributed by atoms with Crippen LogP contribution < -0.4 is 0 Å². The SMILES string of the molecule is CC(Cc1ccc2c(c1)C(=O)OC2=O)=Nc1ccc2c(c1)C(=O)OC2=O. The van der Waals surface area contributed by atoms with Gasteiger partial charge >= 0.3 is 23.9 Å². The van der Waals surface area contributed by atoms with Gasteiger partial charge in [-0.3, -0.25) is 4.99 Å². The number of carbonyl (C=O) groups is 4. The van der Waals surface area contributed by atoms with E-state index in [0.717, 1.165) is 11.3 Å². The fourth-order valence-corrected chi connectivity index (χ4v) is 2.94. The molecule has 4 rings (SSSR count). The molecular formula is C19H11NO6. The van der Waals surface area contributed by atoms with E-state index >= 15 is 0 Å². The van der Waals surface area contributed by atoms with Crippen molar-refractivity contribution in [2.45, 2.75) is 13.3 Å². The van der Waals surface area contributed by atoms with Gasteiger partial charge in [-0.05, 0) is 42.8 Å². The lowest BCUT2D eigenvalue weighted by Crippen LogP contribution is -2.00. The summed E-state index contributed by atoms with van der Waals surface area (Å²) in [4.78, 5) is 50.6. The molecule has 0 saturated carbocycles. The lowest BCUT2D eigenvalue weighted by atomic mass is 10.0. The summed E-state index contributed by atoms with van der Waals surface area (Å²) in [6.45, 7) is 1.80. The van der Waals surface area contributed by atoms with Gasteiger partial charge in [0.05, 0.1) is 27.9 Å². The van der Waals surface area contributed by atoms with Crippen molar-refractivity contribution in [3.05, 3.63) is 64.2 Å². The monoisotopic (exact) mass is 349 g/mol. The van der Waals surface area contributed by atoms with Crippen molar-refractivity contribution in [1.29, 1.82) is 0 Å². The van der Waals surface area contributed by atoms with Crippen molar-refractivity contribution in [2.75, 3.05) is 0 Å². The minimum Gasteiger partial charge on any atom is -0.386 e. The van der Waals surface area contributed by atoms with E-state index in [1.165, 1.54) is 12.1 Å². The summed E-state index contributed by atoms with van der Waals surface area (Å²) in [5.74, 6) is -2.62. The standard InChI is InChI=1S/C19H11NO6/c1-9(6-10-2-4-12-14(7-10)18(23)25-16(12)21)20-11-3-5-13-15(8-11)19(24)26-17(13)22/h2-5,7-8H,6H2,1H3. The molecule has 0 unspecified atom stereocenters. The molecule has 0 amide bonds. The van der Waals surface area contributed by atoms with Crippen LogP contribution in [0.15, 0.2) is 41.4 Å². The molecule has 2 heterocycles. The third kappa shape index (κ3) is 2.59. The molecular weight excluding hydrogens is 338 g/mol. The largest absolute Gasteiger partial charge is 0.386 e. The molecule has 0 spiro atoms. The first-order valence-electron chi connectivity index (χ1n) is 7.76.